The Morgan fingerprint density at radius 1 is 1.11 bits per heavy atom. The van der Waals surface area contributed by atoms with E-state index in [1.807, 2.05) is 13.8 Å². The van der Waals surface area contributed by atoms with Crippen LogP contribution in [0.25, 0.3) is 0 Å². The second-order valence-electron chi connectivity index (χ2n) is 11.6. The summed E-state index contributed by atoms with van der Waals surface area (Å²) in [7, 11) is 8.02. The summed E-state index contributed by atoms with van der Waals surface area (Å²) in [5.41, 5.74) is 0.660. The number of carboxylic acids is 1. The van der Waals surface area contributed by atoms with Crippen LogP contribution in [0.15, 0.2) is 24.3 Å². The van der Waals surface area contributed by atoms with Crippen LogP contribution in [-0.2, 0) is 35.1 Å². The molecule has 248 valence electrons. The lowest BCUT2D eigenvalue weighted by Gasteiger charge is -2.39. The molecule has 0 bridgehead atoms. The average molecular weight is 621 g/mol. The molecule has 0 saturated carbocycles. The first-order valence-corrected chi connectivity index (χ1v) is 15.4. The van der Waals surface area contributed by atoms with E-state index in [1.165, 1.54) is 14.2 Å². The molecule has 0 aromatic heterocycles. The Morgan fingerprint density at radius 2 is 1.80 bits per heavy atom. The molecule has 0 aliphatic carbocycles. The van der Waals surface area contributed by atoms with Crippen LogP contribution in [0.3, 0.4) is 0 Å². The second-order valence-corrected chi connectivity index (χ2v) is 11.6. The molecular weight excluding hydrogens is 568 g/mol. The minimum absolute atomic E-state index is 0.0461. The monoisotopic (exact) mass is 620 g/mol. The number of hydrogen-bond donors (Lipinski definition) is 3. The van der Waals surface area contributed by atoms with Crippen LogP contribution in [0.5, 0.6) is 5.75 Å². The first-order valence-electron chi connectivity index (χ1n) is 15.4. The quantitative estimate of drug-likeness (QED) is 0.224. The molecule has 7 atom stereocenters. The molecule has 1 aromatic rings. The Hall–Kier alpha value is -3.22. The second kappa shape index (κ2) is 17.9. The molecule has 2 rings (SSSR count). The van der Waals surface area contributed by atoms with Crippen LogP contribution < -0.4 is 15.4 Å². The highest BCUT2D eigenvalue weighted by atomic mass is 16.5. The molecule has 0 unspecified atom stereocenters. The summed E-state index contributed by atoms with van der Waals surface area (Å²) >= 11 is 0. The highest BCUT2D eigenvalue weighted by molar-refractivity contribution is 5.85. The third-order valence-electron chi connectivity index (χ3n) is 8.86. The molecule has 12 heteroatoms. The van der Waals surface area contributed by atoms with E-state index in [2.05, 4.69) is 10.6 Å². The van der Waals surface area contributed by atoms with E-state index in [1.54, 1.807) is 62.2 Å². The van der Waals surface area contributed by atoms with Gasteiger partial charge in [0, 0.05) is 34.2 Å². The van der Waals surface area contributed by atoms with E-state index >= 15 is 0 Å². The van der Waals surface area contributed by atoms with Gasteiger partial charge in [0.1, 0.15) is 11.8 Å². The van der Waals surface area contributed by atoms with Crippen molar-refractivity contribution in [3.05, 3.63) is 29.8 Å². The topological polar surface area (TPSA) is 147 Å². The summed E-state index contributed by atoms with van der Waals surface area (Å²) in [5, 5.41) is 15.4. The summed E-state index contributed by atoms with van der Waals surface area (Å²) in [5.74, 6) is -1.99. The van der Waals surface area contributed by atoms with Crippen molar-refractivity contribution >= 4 is 23.7 Å². The molecule has 3 N–H and O–H groups in total. The fraction of sp³-hybridized carbons (Fsp3) is 0.688. The average Bonchev–Trinajstić information content (AvgIpc) is 3.50. The summed E-state index contributed by atoms with van der Waals surface area (Å²) in [6.45, 7) is 6.45. The number of carboxylic acid groups (broad SMARTS) is 1. The van der Waals surface area contributed by atoms with E-state index in [-0.39, 0.29) is 49.2 Å². The zero-order valence-corrected chi connectivity index (χ0v) is 27.5. The Balaban J connectivity index is 2.20. The van der Waals surface area contributed by atoms with E-state index in [4.69, 9.17) is 14.2 Å². The van der Waals surface area contributed by atoms with Crippen molar-refractivity contribution in [3.63, 3.8) is 0 Å². The van der Waals surface area contributed by atoms with Crippen LogP contribution in [0.4, 0.5) is 0 Å². The molecule has 0 radical (unpaired) electrons. The van der Waals surface area contributed by atoms with Crippen LogP contribution in [0, 0.1) is 11.8 Å². The van der Waals surface area contributed by atoms with Crippen molar-refractivity contribution in [2.45, 2.75) is 83.2 Å². The molecule has 1 saturated heterocycles. The van der Waals surface area contributed by atoms with Crippen molar-refractivity contribution in [1.29, 1.82) is 0 Å². The van der Waals surface area contributed by atoms with Crippen molar-refractivity contribution < 1.29 is 38.5 Å². The van der Waals surface area contributed by atoms with E-state index in [0.29, 0.717) is 24.3 Å². The molecule has 1 heterocycles. The molecular formula is C32H52N4O8. The number of carbonyl (C=O) groups is 4. The highest BCUT2D eigenvalue weighted by Crippen LogP contribution is 2.29. The predicted octanol–water partition coefficient (Wildman–Crippen LogP) is 1.95. The molecule has 1 aliphatic heterocycles. The van der Waals surface area contributed by atoms with Gasteiger partial charge < -0.3 is 39.8 Å². The van der Waals surface area contributed by atoms with E-state index < -0.39 is 36.0 Å². The molecule has 1 aliphatic rings. The van der Waals surface area contributed by atoms with Gasteiger partial charge in [-0.1, -0.05) is 45.4 Å². The maximum absolute atomic E-state index is 13.8. The fourth-order valence-corrected chi connectivity index (χ4v) is 6.20. The number of methoxy groups -OCH3 is 3. The van der Waals surface area contributed by atoms with Gasteiger partial charge in [0.15, 0.2) is 0 Å². The van der Waals surface area contributed by atoms with E-state index in [9.17, 15) is 24.3 Å². The predicted molar refractivity (Wildman–Crippen MR) is 166 cm³/mol. The highest BCUT2D eigenvalue weighted by Gasteiger charge is 2.42. The van der Waals surface area contributed by atoms with Gasteiger partial charge in [-0.15, -0.1) is 0 Å². The number of aliphatic carboxylic acids is 1. The number of benzene rings is 1. The van der Waals surface area contributed by atoms with Crippen molar-refractivity contribution in [3.8, 4) is 5.75 Å². The number of hydrogen-bond acceptors (Lipinski definition) is 8. The van der Waals surface area contributed by atoms with Gasteiger partial charge in [-0.05, 0) is 37.4 Å². The van der Waals surface area contributed by atoms with Crippen LogP contribution in [0.1, 0.15) is 52.0 Å². The third kappa shape index (κ3) is 9.39. The van der Waals surface area contributed by atoms with Crippen LogP contribution in [0.2, 0.25) is 0 Å². The molecule has 0 spiro atoms. The van der Waals surface area contributed by atoms with Gasteiger partial charge in [-0.3, -0.25) is 14.4 Å². The number of nitrogens with zero attached hydrogens (tertiary/aromatic N) is 2. The number of likely N-dealkylation sites (N-methyl/N-ethyl adjacent to an activating group) is 2. The molecule has 1 fully saturated rings. The Bertz CT molecular complexity index is 1100. The smallest absolute Gasteiger partial charge is 0.326 e. The minimum atomic E-state index is -1.18. The van der Waals surface area contributed by atoms with Gasteiger partial charge >= 0.3 is 5.97 Å². The van der Waals surface area contributed by atoms with Crippen LogP contribution >= 0.6 is 0 Å². The van der Waals surface area contributed by atoms with Gasteiger partial charge in [0.05, 0.1) is 50.3 Å². The summed E-state index contributed by atoms with van der Waals surface area (Å²) in [4.78, 5) is 55.5. The lowest BCUT2D eigenvalue weighted by Crippen LogP contribution is -2.54. The number of amides is 3. The molecule has 44 heavy (non-hydrogen) atoms. The minimum Gasteiger partial charge on any atom is -0.496 e. The lowest BCUT2D eigenvalue weighted by atomic mass is 9.90. The zero-order chi connectivity index (χ0) is 33.0. The number of para-hydroxylation sites is 1. The Kier molecular flexibility index (Phi) is 15.1. The molecule has 3 amide bonds. The summed E-state index contributed by atoms with van der Waals surface area (Å²) in [6.07, 6.45) is 1.10. The van der Waals surface area contributed by atoms with Crippen molar-refractivity contribution in [2.24, 2.45) is 11.8 Å². The van der Waals surface area contributed by atoms with Gasteiger partial charge in [-0.2, -0.15) is 0 Å². The number of nitrogens with one attached hydrogen (secondary N) is 2. The third-order valence-corrected chi connectivity index (χ3v) is 8.86. The number of ether oxygens (including phenoxy) is 3. The lowest BCUT2D eigenvalue weighted by molar-refractivity contribution is -0.146. The number of likely N-dealkylation sites (tertiary alicyclic amines) is 1. The first kappa shape index (κ1) is 37.0. The summed E-state index contributed by atoms with van der Waals surface area (Å²) < 4.78 is 17.0. The van der Waals surface area contributed by atoms with Gasteiger partial charge in [-0.25, -0.2) is 4.79 Å². The van der Waals surface area contributed by atoms with Crippen molar-refractivity contribution in [1.82, 2.24) is 20.4 Å². The maximum Gasteiger partial charge on any atom is 0.326 e. The van der Waals surface area contributed by atoms with E-state index in [0.717, 1.165) is 12.8 Å². The number of carbonyl (C=O) groups excluding carboxylic acids is 3. The standard InChI is InChI=1S/C32H52N4O8/c1-9-20(2)29(35(5)28(38)19-33-4)26(43-7)18-27(37)36-16-12-14-24(36)30(44-8)21(3)31(39)34-23(32(40)41)17-22-13-10-11-15-25(22)42-6/h10-11,13,15,20-21,23-24,26,29-30,33H,9,12,14,16-19H2,1-8H3,(H,34,39)(H,40,41)/t20-,21+,23-,24-,26+,29-,30+/m0/s1. The molecule has 1 aromatic carbocycles. The summed E-state index contributed by atoms with van der Waals surface area (Å²) in [6, 6.07) is 5.20. The van der Waals surface area contributed by atoms with Gasteiger partial charge in [0.25, 0.3) is 0 Å². The zero-order valence-electron chi connectivity index (χ0n) is 27.5. The largest absolute Gasteiger partial charge is 0.496 e. The first-order chi connectivity index (χ1) is 20.9. The Morgan fingerprint density at radius 3 is 2.36 bits per heavy atom. The van der Waals surface area contributed by atoms with Gasteiger partial charge in [0.2, 0.25) is 17.7 Å². The normalized spacial score (nSPS) is 18.9. The Labute approximate surface area is 261 Å². The maximum atomic E-state index is 13.8. The fourth-order valence-electron chi connectivity index (χ4n) is 6.20. The van der Waals surface area contributed by atoms with Crippen LogP contribution in [-0.4, -0.2) is 117 Å². The number of rotatable bonds is 18. The molecule has 12 nitrogen and oxygen atoms in total. The SMILES string of the molecule is CC[C@H](C)[C@@H]([C@@H](CC(=O)N1CCC[C@H]1[C@H](OC)[C@@H](C)C(=O)N[C@@H](Cc1ccccc1OC)C(=O)O)OC)N(C)C(=O)CNC. The van der Waals surface area contributed by atoms with Crippen molar-refractivity contribution in [2.75, 3.05) is 48.5 Å².